The van der Waals surface area contributed by atoms with Gasteiger partial charge < -0.3 is 14.0 Å². The van der Waals surface area contributed by atoms with Crippen LogP contribution in [0.4, 0.5) is 0 Å². The number of fused-ring (bicyclic) bond motifs is 3. The molecule has 0 N–H and O–H groups in total. The van der Waals surface area contributed by atoms with Crippen LogP contribution in [0.25, 0.3) is 22.0 Å². The molecule has 0 amide bonds. The van der Waals surface area contributed by atoms with Gasteiger partial charge >= 0.3 is 5.97 Å². The Labute approximate surface area is 227 Å². The van der Waals surface area contributed by atoms with E-state index in [9.17, 15) is 4.79 Å². The fourth-order valence-corrected chi connectivity index (χ4v) is 5.50. The monoisotopic (exact) mass is 545 g/mol. The number of halogens is 2. The van der Waals surface area contributed by atoms with Gasteiger partial charge in [0.25, 0.3) is 0 Å². The molecule has 4 aromatic rings. The first-order chi connectivity index (χ1) is 16.6. The van der Waals surface area contributed by atoms with Crippen LogP contribution in [0.5, 0.6) is 5.75 Å². The van der Waals surface area contributed by atoms with E-state index in [0.717, 1.165) is 43.9 Å². The van der Waals surface area contributed by atoms with Crippen molar-refractivity contribution in [1.82, 2.24) is 14.5 Å². The van der Waals surface area contributed by atoms with Crippen LogP contribution in [0.3, 0.4) is 0 Å². The van der Waals surface area contributed by atoms with Crippen LogP contribution in [-0.4, -0.2) is 40.8 Å². The van der Waals surface area contributed by atoms with Crippen LogP contribution in [0, 0.1) is 0 Å². The maximum atomic E-state index is 13.3. The van der Waals surface area contributed by atoms with Gasteiger partial charge in [0, 0.05) is 64.4 Å². The number of aromatic nitrogens is 2. The van der Waals surface area contributed by atoms with Gasteiger partial charge in [-0.2, -0.15) is 0 Å². The van der Waals surface area contributed by atoms with Crippen molar-refractivity contribution in [2.45, 2.75) is 24.1 Å². The first kappa shape index (κ1) is 27.9. The van der Waals surface area contributed by atoms with Gasteiger partial charge in [0.05, 0.1) is 17.7 Å². The zero-order valence-corrected chi connectivity index (χ0v) is 22.8. The van der Waals surface area contributed by atoms with Crippen molar-refractivity contribution in [3.63, 3.8) is 0 Å². The summed E-state index contributed by atoms with van der Waals surface area (Å²) >= 11 is 1.71. The number of pyridine rings is 1. The van der Waals surface area contributed by atoms with Gasteiger partial charge in [-0.3, -0.25) is 9.88 Å². The van der Waals surface area contributed by atoms with E-state index in [1.807, 2.05) is 57.5 Å². The third kappa shape index (κ3) is 5.20. The first-order valence-corrected chi connectivity index (χ1v) is 12.3. The predicted octanol–water partition coefficient (Wildman–Crippen LogP) is 6.33. The summed E-state index contributed by atoms with van der Waals surface area (Å²) in [6, 6.07) is 16.3. The van der Waals surface area contributed by atoms with E-state index < -0.39 is 0 Å². The van der Waals surface area contributed by atoms with Crippen molar-refractivity contribution in [2.75, 3.05) is 20.4 Å². The summed E-state index contributed by atoms with van der Waals surface area (Å²) < 4.78 is 13.9. The lowest BCUT2D eigenvalue weighted by atomic mass is 9.96. The summed E-state index contributed by atoms with van der Waals surface area (Å²) in [6.07, 6.45) is 3.62. The largest absolute Gasteiger partial charge is 0.477 e. The molecule has 0 fully saturated rings. The minimum absolute atomic E-state index is 0. The number of carbonyl (C=O) groups is 1. The van der Waals surface area contributed by atoms with Gasteiger partial charge in [-0.15, -0.1) is 36.6 Å². The number of esters is 1. The Morgan fingerprint density at radius 2 is 1.92 bits per heavy atom. The van der Waals surface area contributed by atoms with Crippen molar-refractivity contribution < 1.29 is 14.3 Å². The summed E-state index contributed by atoms with van der Waals surface area (Å²) in [7, 11) is 4.05. The lowest BCUT2D eigenvalue weighted by molar-refractivity contribution is 0.0527. The zero-order valence-electron chi connectivity index (χ0n) is 20.4. The molecule has 2 aromatic carbocycles. The molecule has 6 nitrogen and oxygen atoms in total. The molecule has 1 aliphatic rings. The Morgan fingerprint density at radius 3 is 2.61 bits per heavy atom. The van der Waals surface area contributed by atoms with E-state index in [1.165, 1.54) is 0 Å². The molecule has 190 valence electrons. The van der Waals surface area contributed by atoms with Crippen molar-refractivity contribution >= 4 is 53.4 Å². The highest BCUT2D eigenvalue weighted by Gasteiger charge is 2.30. The molecule has 9 heteroatoms. The fraction of sp³-hybridized carbons (Fsp3) is 0.259. The molecule has 3 heterocycles. The molecule has 0 bridgehead atoms. The van der Waals surface area contributed by atoms with Crippen LogP contribution >= 0.6 is 36.6 Å². The number of thioether (sulfide) groups is 1. The molecule has 5 rings (SSSR count). The van der Waals surface area contributed by atoms with E-state index in [1.54, 1.807) is 18.0 Å². The topological polar surface area (TPSA) is 56.6 Å². The number of carbonyl (C=O) groups excluding carboxylic acids is 1. The van der Waals surface area contributed by atoms with Crippen LogP contribution in [0.2, 0.25) is 0 Å². The number of nitrogens with zero attached hydrogens (tertiary/aromatic N) is 3. The highest BCUT2D eigenvalue weighted by Crippen LogP contribution is 2.44. The van der Waals surface area contributed by atoms with Crippen LogP contribution < -0.4 is 4.74 Å². The molecule has 1 aliphatic heterocycles. The maximum absolute atomic E-state index is 13.3. The van der Waals surface area contributed by atoms with Crippen molar-refractivity contribution in [1.29, 1.82) is 0 Å². The minimum atomic E-state index is -0.290. The third-order valence-corrected chi connectivity index (χ3v) is 7.11. The van der Waals surface area contributed by atoms with E-state index in [0.29, 0.717) is 31.2 Å². The second-order valence-corrected chi connectivity index (χ2v) is 9.41. The summed E-state index contributed by atoms with van der Waals surface area (Å²) in [5.41, 5.74) is 5.56. The summed E-state index contributed by atoms with van der Waals surface area (Å²) in [6.45, 7) is 3.34. The van der Waals surface area contributed by atoms with Crippen LogP contribution in [0.15, 0.2) is 65.8 Å². The highest BCUT2D eigenvalue weighted by atomic mass is 35.5. The summed E-state index contributed by atoms with van der Waals surface area (Å²) in [4.78, 5) is 20.9. The minimum Gasteiger partial charge on any atom is -0.477 e. The molecule has 0 spiro atoms. The molecule has 2 aromatic heterocycles. The number of benzene rings is 2. The van der Waals surface area contributed by atoms with Crippen molar-refractivity contribution in [3.05, 3.63) is 77.7 Å². The third-order valence-electron chi connectivity index (χ3n) is 6.09. The molecular weight excluding hydrogens is 517 g/mol. The second kappa shape index (κ2) is 12.0. The fourth-order valence-electron chi connectivity index (χ4n) is 4.51. The van der Waals surface area contributed by atoms with Gasteiger partial charge in [-0.05, 0) is 38.2 Å². The first-order valence-electron chi connectivity index (χ1n) is 11.3. The smallest absolute Gasteiger partial charge is 0.340 e. The SMILES string of the molecule is CCOC(=O)c1c(CSc2ccccc2)n(C)c2cc(-c3cccnc3)c3c(c12)CN(C)CO3.Cl.Cl. The molecule has 0 atom stereocenters. The van der Waals surface area contributed by atoms with Gasteiger partial charge in [-0.25, -0.2) is 4.79 Å². The van der Waals surface area contributed by atoms with Crippen LogP contribution in [-0.2, 0) is 24.1 Å². The van der Waals surface area contributed by atoms with E-state index in [-0.39, 0.29) is 30.8 Å². The second-order valence-electron chi connectivity index (χ2n) is 8.36. The standard InChI is InChI=1S/C27H27N3O3S.2ClH/c1-4-32-27(31)25-23(16-34-19-10-6-5-7-11-19)30(3)22-13-20(18-9-8-12-28-14-18)26-21(24(22)25)15-29(2)17-33-26;;/h5-14H,4,15-17H2,1-3H3;2*1H. The molecule has 0 saturated heterocycles. The van der Waals surface area contributed by atoms with Crippen molar-refractivity contribution in [2.24, 2.45) is 7.05 Å². The normalized spacial score (nSPS) is 12.8. The Bertz CT molecular complexity index is 1350. The number of ether oxygens (including phenoxy) is 2. The quantitative estimate of drug-likeness (QED) is 0.208. The summed E-state index contributed by atoms with van der Waals surface area (Å²) in [5, 5.41) is 0.916. The lowest BCUT2D eigenvalue weighted by Gasteiger charge is -2.28. The number of aryl methyl sites for hydroxylation is 1. The van der Waals surface area contributed by atoms with Crippen LogP contribution in [0.1, 0.15) is 28.5 Å². The number of hydrogen-bond acceptors (Lipinski definition) is 6. The zero-order chi connectivity index (χ0) is 23.7. The average molecular weight is 547 g/mol. The Morgan fingerprint density at radius 1 is 1.14 bits per heavy atom. The molecule has 0 unspecified atom stereocenters. The van der Waals surface area contributed by atoms with Crippen molar-refractivity contribution in [3.8, 4) is 16.9 Å². The van der Waals surface area contributed by atoms with Gasteiger partial charge in [0.2, 0.25) is 0 Å². The molecule has 0 saturated carbocycles. The van der Waals surface area contributed by atoms with Gasteiger partial charge in [0.1, 0.15) is 12.5 Å². The number of hydrogen-bond donors (Lipinski definition) is 0. The molecular formula is C27H29Cl2N3O3S. The Hall–Kier alpha value is -2.71. The molecule has 36 heavy (non-hydrogen) atoms. The highest BCUT2D eigenvalue weighted by molar-refractivity contribution is 7.98. The molecule has 0 radical (unpaired) electrons. The maximum Gasteiger partial charge on any atom is 0.340 e. The lowest BCUT2D eigenvalue weighted by Crippen LogP contribution is -2.28. The predicted molar refractivity (Wildman–Crippen MR) is 150 cm³/mol. The average Bonchev–Trinajstić information content (AvgIpc) is 3.15. The summed E-state index contributed by atoms with van der Waals surface area (Å²) in [5.74, 6) is 1.18. The number of rotatable bonds is 6. The van der Waals surface area contributed by atoms with Gasteiger partial charge in [0.15, 0.2) is 0 Å². The van der Waals surface area contributed by atoms with E-state index >= 15 is 0 Å². The Balaban J connectivity index is 0.00000180. The van der Waals surface area contributed by atoms with Gasteiger partial charge in [-0.1, -0.05) is 24.3 Å². The molecule has 0 aliphatic carbocycles. The van der Waals surface area contributed by atoms with E-state index in [2.05, 4.69) is 32.7 Å². The van der Waals surface area contributed by atoms with E-state index in [4.69, 9.17) is 9.47 Å². The Kier molecular flexibility index (Phi) is 9.30.